The molecule has 0 bridgehead atoms. The Morgan fingerprint density at radius 3 is 2.85 bits per heavy atom. The molecule has 0 amide bonds. The van der Waals surface area contributed by atoms with E-state index in [0.717, 1.165) is 31.0 Å². The van der Waals surface area contributed by atoms with Crippen LogP contribution in [0.25, 0.3) is 0 Å². The second kappa shape index (κ2) is 6.57. The van der Waals surface area contributed by atoms with Crippen molar-refractivity contribution in [2.24, 2.45) is 11.3 Å². The van der Waals surface area contributed by atoms with Gasteiger partial charge in [-0.2, -0.15) is 0 Å². The third-order valence-electron chi connectivity index (χ3n) is 3.96. The van der Waals surface area contributed by atoms with Crippen LogP contribution in [0.1, 0.15) is 40.0 Å². The maximum Gasteiger partial charge on any atom is 0.125 e. The van der Waals surface area contributed by atoms with Crippen molar-refractivity contribution in [2.45, 2.75) is 46.1 Å². The fourth-order valence-electron chi connectivity index (χ4n) is 3.40. The summed E-state index contributed by atoms with van der Waals surface area (Å²) in [6, 6.07) is 6.54. The zero-order valence-electron chi connectivity index (χ0n) is 12.8. The Hall–Kier alpha value is -1.09. The van der Waals surface area contributed by atoms with E-state index >= 15 is 0 Å². The molecule has 3 heteroatoms. The van der Waals surface area contributed by atoms with Crippen molar-refractivity contribution >= 4 is 5.69 Å². The van der Waals surface area contributed by atoms with Crippen LogP contribution in [-0.4, -0.2) is 19.3 Å². The predicted octanol–water partition coefficient (Wildman–Crippen LogP) is 4.47. The highest BCUT2D eigenvalue weighted by atomic mass is 19.1. The lowest BCUT2D eigenvalue weighted by molar-refractivity contribution is -0.0185. The van der Waals surface area contributed by atoms with Crippen LogP contribution in [0.2, 0.25) is 0 Å². The molecule has 1 aromatic carbocycles. The zero-order valence-corrected chi connectivity index (χ0v) is 12.8. The van der Waals surface area contributed by atoms with Crippen LogP contribution in [0.15, 0.2) is 24.3 Å². The first-order valence-electron chi connectivity index (χ1n) is 7.56. The normalized spacial score (nSPS) is 25.4. The first kappa shape index (κ1) is 15.3. The molecule has 2 nitrogen and oxygen atoms in total. The molecule has 1 N–H and O–H groups in total. The van der Waals surface area contributed by atoms with Gasteiger partial charge < -0.3 is 10.1 Å². The smallest absolute Gasteiger partial charge is 0.125 e. The van der Waals surface area contributed by atoms with Gasteiger partial charge in [0.05, 0.1) is 12.7 Å². The first-order chi connectivity index (χ1) is 9.44. The van der Waals surface area contributed by atoms with Gasteiger partial charge in [0.2, 0.25) is 0 Å². The van der Waals surface area contributed by atoms with Crippen LogP contribution in [0.5, 0.6) is 0 Å². The molecule has 1 fully saturated rings. The maximum atomic E-state index is 13.0. The number of ether oxygens (including phenoxy) is 1. The molecule has 0 heterocycles. The van der Waals surface area contributed by atoms with Crippen molar-refractivity contribution in [3.05, 3.63) is 30.1 Å². The van der Waals surface area contributed by atoms with Crippen molar-refractivity contribution in [1.29, 1.82) is 0 Å². The summed E-state index contributed by atoms with van der Waals surface area (Å²) < 4.78 is 19.0. The fraction of sp³-hybridized carbons (Fsp3) is 0.647. The summed E-state index contributed by atoms with van der Waals surface area (Å²) in [4.78, 5) is 0. The highest BCUT2D eigenvalue weighted by molar-refractivity contribution is 5.42. The molecule has 0 aromatic heterocycles. The van der Waals surface area contributed by atoms with Gasteiger partial charge in [0, 0.05) is 12.2 Å². The first-order valence-corrected chi connectivity index (χ1v) is 7.56. The van der Waals surface area contributed by atoms with Crippen molar-refractivity contribution in [3.8, 4) is 0 Å². The fourth-order valence-corrected chi connectivity index (χ4v) is 3.40. The van der Waals surface area contributed by atoms with Crippen molar-refractivity contribution in [3.63, 3.8) is 0 Å². The summed E-state index contributed by atoms with van der Waals surface area (Å²) in [6.07, 6.45) is 3.94. The Balaban J connectivity index is 1.71. The number of nitrogens with one attached hydrogen (secondary N) is 1. The molecule has 1 aliphatic carbocycles. The Morgan fingerprint density at radius 2 is 2.15 bits per heavy atom. The van der Waals surface area contributed by atoms with Crippen molar-refractivity contribution < 1.29 is 9.13 Å². The van der Waals surface area contributed by atoms with E-state index in [4.69, 9.17) is 4.74 Å². The van der Waals surface area contributed by atoms with Crippen LogP contribution in [0, 0.1) is 17.2 Å². The van der Waals surface area contributed by atoms with E-state index in [2.05, 4.69) is 26.1 Å². The molecule has 2 unspecified atom stereocenters. The number of halogens is 1. The lowest BCUT2D eigenvalue weighted by atomic mass is 9.71. The molecule has 112 valence electrons. The molecule has 1 aromatic rings. The Kier molecular flexibility index (Phi) is 5.03. The number of rotatable bonds is 5. The van der Waals surface area contributed by atoms with Crippen molar-refractivity contribution in [2.75, 3.05) is 18.5 Å². The average molecular weight is 279 g/mol. The molecule has 0 saturated heterocycles. The number of hydrogen-bond donors (Lipinski definition) is 1. The SMILES string of the molecule is CC1CC(OCCNc2cccc(F)c2)CC(C)(C)C1. The summed E-state index contributed by atoms with van der Waals surface area (Å²) in [5, 5.41) is 3.19. The lowest BCUT2D eigenvalue weighted by Crippen LogP contribution is -2.33. The third kappa shape index (κ3) is 4.78. The number of anilines is 1. The molecule has 0 radical (unpaired) electrons. The monoisotopic (exact) mass is 279 g/mol. The highest BCUT2D eigenvalue weighted by Crippen LogP contribution is 2.39. The largest absolute Gasteiger partial charge is 0.383 e. The maximum absolute atomic E-state index is 13.0. The standard InChI is InChI=1S/C17H26FNO/c1-13-9-16(12-17(2,3)11-13)20-8-7-19-15-6-4-5-14(18)10-15/h4-6,10,13,16,19H,7-9,11-12H2,1-3H3. The second-order valence-electron chi connectivity index (χ2n) is 6.84. The quantitative estimate of drug-likeness (QED) is 0.803. The summed E-state index contributed by atoms with van der Waals surface area (Å²) in [5.41, 5.74) is 1.20. The third-order valence-corrected chi connectivity index (χ3v) is 3.96. The Bertz CT molecular complexity index is 433. The minimum absolute atomic E-state index is 0.209. The molecular formula is C17H26FNO. The van der Waals surface area contributed by atoms with Gasteiger partial charge in [-0.15, -0.1) is 0 Å². The lowest BCUT2D eigenvalue weighted by Gasteiger charge is -2.38. The van der Waals surface area contributed by atoms with Gasteiger partial charge in [-0.05, 0) is 48.8 Å². The van der Waals surface area contributed by atoms with E-state index in [0.29, 0.717) is 18.1 Å². The molecule has 2 atom stereocenters. The van der Waals surface area contributed by atoms with Gasteiger partial charge in [0.1, 0.15) is 5.82 Å². The van der Waals surface area contributed by atoms with E-state index in [-0.39, 0.29) is 5.82 Å². The van der Waals surface area contributed by atoms with Crippen LogP contribution in [0.4, 0.5) is 10.1 Å². The predicted molar refractivity (Wildman–Crippen MR) is 81.4 cm³/mol. The van der Waals surface area contributed by atoms with E-state index in [9.17, 15) is 4.39 Å². The van der Waals surface area contributed by atoms with E-state index < -0.39 is 0 Å². The summed E-state index contributed by atoms with van der Waals surface area (Å²) in [7, 11) is 0. The molecular weight excluding hydrogens is 253 g/mol. The van der Waals surface area contributed by atoms with Crippen LogP contribution in [-0.2, 0) is 4.74 Å². The van der Waals surface area contributed by atoms with E-state index in [1.807, 2.05) is 6.07 Å². The number of hydrogen-bond acceptors (Lipinski definition) is 2. The van der Waals surface area contributed by atoms with Gasteiger partial charge in [-0.3, -0.25) is 0 Å². The molecule has 1 saturated carbocycles. The topological polar surface area (TPSA) is 21.3 Å². The molecule has 2 rings (SSSR count). The summed E-state index contributed by atoms with van der Waals surface area (Å²) >= 11 is 0. The summed E-state index contributed by atoms with van der Waals surface area (Å²) in [6.45, 7) is 8.34. The van der Waals surface area contributed by atoms with Gasteiger partial charge in [0.15, 0.2) is 0 Å². The summed E-state index contributed by atoms with van der Waals surface area (Å²) in [5.74, 6) is 0.527. The zero-order chi connectivity index (χ0) is 14.6. The molecule has 0 spiro atoms. The number of benzene rings is 1. The van der Waals surface area contributed by atoms with E-state index in [1.165, 1.54) is 18.6 Å². The molecule has 0 aliphatic heterocycles. The minimum atomic E-state index is -0.209. The van der Waals surface area contributed by atoms with Gasteiger partial charge in [-0.1, -0.05) is 26.8 Å². The van der Waals surface area contributed by atoms with Crippen molar-refractivity contribution in [1.82, 2.24) is 0 Å². The Labute approximate surface area is 121 Å². The minimum Gasteiger partial charge on any atom is -0.383 e. The van der Waals surface area contributed by atoms with Crippen LogP contribution < -0.4 is 5.32 Å². The highest BCUT2D eigenvalue weighted by Gasteiger charge is 2.32. The van der Waals surface area contributed by atoms with Gasteiger partial charge >= 0.3 is 0 Å². The van der Waals surface area contributed by atoms with Gasteiger partial charge in [-0.25, -0.2) is 4.39 Å². The average Bonchev–Trinajstić information content (AvgIpc) is 2.32. The van der Waals surface area contributed by atoms with Gasteiger partial charge in [0.25, 0.3) is 0 Å². The second-order valence-corrected chi connectivity index (χ2v) is 6.84. The molecule has 20 heavy (non-hydrogen) atoms. The van der Waals surface area contributed by atoms with E-state index in [1.54, 1.807) is 6.07 Å². The Morgan fingerprint density at radius 1 is 1.35 bits per heavy atom. The van der Waals surface area contributed by atoms with Crippen LogP contribution >= 0.6 is 0 Å². The van der Waals surface area contributed by atoms with Crippen LogP contribution in [0.3, 0.4) is 0 Å². The molecule has 1 aliphatic rings.